The predicted octanol–water partition coefficient (Wildman–Crippen LogP) is 16.7. The van der Waals surface area contributed by atoms with Gasteiger partial charge in [-0.1, -0.05) is 118 Å². The first-order valence-electron chi connectivity index (χ1n) is 23.3. The van der Waals surface area contributed by atoms with Crippen LogP contribution in [0.2, 0.25) is 0 Å². The minimum atomic E-state index is -0.381. The number of benzene rings is 9. The van der Waals surface area contributed by atoms with Gasteiger partial charge in [-0.05, 0) is 144 Å². The lowest BCUT2D eigenvalue weighted by atomic mass is 9.81. The van der Waals surface area contributed by atoms with Crippen LogP contribution in [-0.2, 0) is 10.2 Å². The van der Waals surface area contributed by atoms with E-state index in [0.717, 1.165) is 84.2 Å². The number of nitrogens with zero attached hydrogens (tertiary/aromatic N) is 3. The fourth-order valence-corrected chi connectivity index (χ4v) is 10.0. The van der Waals surface area contributed by atoms with Crippen molar-refractivity contribution in [3.63, 3.8) is 0 Å². The average molecular weight is 902 g/mol. The molecule has 0 atom stereocenters. The second-order valence-electron chi connectivity index (χ2n) is 17.6. The summed E-state index contributed by atoms with van der Waals surface area (Å²) in [6.45, 7) is 9.41. The van der Waals surface area contributed by atoms with E-state index in [4.69, 9.17) is 14.2 Å². The third-order valence-electron chi connectivity index (χ3n) is 13.3. The normalized spacial score (nSPS) is 12.7. The van der Waals surface area contributed by atoms with E-state index in [1.54, 1.807) is 21.3 Å². The van der Waals surface area contributed by atoms with Crippen molar-refractivity contribution in [3.8, 4) is 22.6 Å². The van der Waals surface area contributed by atoms with Gasteiger partial charge < -0.3 is 28.9 Å². The van der Waals surface area contributed by atoms with Crippen LogP contribution >= 0.6 is 0 Å². The molecule has 0 amide bonds. The molecule has 1 aliphatic rings. The van der Waals surface area contributed by atoms with Crippen LogP contribution in [0.3, 0.4) is 0 Å². The van der Waals surface area contributed by atoms with Crippen LogP contribution in [0.5, 0.6) is 11.5 Å². The molecule has 6 nitrogen and oxygen atoms in total. The van der Waals surface area contributed by atoms with Crippen LogP contribution in [0.4, 0.5) is 45.5 Å². The molecule has 10 rings (SSSR count). The smallest absolute Gasteiger partial charge is 0.119 e. The molecule has 0 radical (unpaired) electrons. The Morgan fingerprint density at radius 1 is 0.478 bits per heavy atom. The summed E-state index contributed by atoms with van der Waals surface area (Å²) in [5, 5.41) is 4.42. The van der Waals surface area contributed by atoms with Gasteiger partial charge in [0.25, 0.3) is 0 Å². The summed E-state index contributed by atoms with van der Waals surface area (Å²) in [7, 11) is 5.14. The van der Waals surface area contributed by atoms with E-state index in [0.29, 0.717) is 6.61 Å². The van der Waals surface area contributed by atoms with Gasteiger partial charge in [0.1, 0.15) is 11.5 Å². The van der Waals surface area contributed by atoms with Crippen LogP contribution in [0.15, 0.2) is 231 Å². The average Bonchev–Trinajstić information content (AvgIpc) is 3.61. The molecule has 0 unspecified atom stereocenters. The van der Waals surface area contributed by atoms with Crippen LogP contribution in [0.25, 0.3) is 32.7 Å². The van der Waals surface area contributed by atoms with Crippen LogP contribution < -0.4 is 24.2 Å². The summed E-state index contributed by atoms with van der Waals surface area (Å²) in [4.78, 5) is 7.12. The first-order chi connectivity index (χ1) is 33.8. The predicted molar refractivity (Wildman–Crippen MR) is 289 cm³/mol. The molecule has 9 aromatic rings. The van der Waals surface area contributed by atoms with E-state index >= 15 is 0 Å². The first-order valence-corrected chi connectivity index (χ1v) is 23.3. The molecule has 0 bridgehead atoms. The minimum absolute atomic E-state index is 0.381. The second-order valence-corrected chi connectivity index (χ2v) is 17.6. The molecule has 0 N–H and O–H groups in total. The summed E-state index contributed by atoms with van der Waals surface area (Å²) in [5.41, 5.74) is 13.9. The highest BCUT2D eigenvalue weighted by atomic mass is 16.5. The lowest BCUT2D eigenvalue weighted by molar-refractivity contribution is 0.234. The van der Waals surface area contributed by atoms with E-state index in [1.807, 2.05) is 30.3 Å². The molecule has 0 heterocycles. The molecular formula is C63H55N3O3. The highest BCUT2D eigenvalue weighted by Crippen LogP contribution is 2.57. The lowest BCUT2D eigenvalue weighted by Crippen LogP contribution is -2.19. The Hall–Kier alpha value is -8.32. The molecule has 1 aliphatic carbocycles. The van der Waals surface area contributed by atoms with Crippen LogP contribution in [0.1, 0.15) is 25.0 Å². The van der Waals surface area contributed by atoms with Crippen molar-refractivity contribution in [1.82, 2.24) is 0 Å². The van der Waals surface area contributed by atoms with Gasteiger partial charge in [-0.25, -0.2) is 0 Å². The Morgan fingerprint density at radius 2 is 0.957 bits per heavy atom. The number of rotatable bonds is 15. The molecule has 0 aliphatic heterocycles. The highest BCUT2D eigenvalue weighted by Gasteiger charge is 2.38. The van der Waals surface area contributed by atoms with Gasteiger partial charge in [0.2, 0.25) is 0 Å². The molecule has 0 saturated heterocycles. The Bertz CT molecular complexity index is 3350. The number of allylic oxidation sites excluding steroid dienone is 3. The number of para-hydroxylation sites is 3. The topological polar surface area (TPSA) is 37.4 Å². The van der Waals surface area contributed by atoms with Gasteiger partial charge in [-0.3, -0.25) is 0 Å². The van der Waals surface area contributed by atoms with Crippen molar-refractivity contribution in [2.45, 2.75) is 19.3 Å². The maximum atomic E-state index is 5.69. The first kappa shape index (κ1) is 44.5. The Labute approximate surface area is 405 Å². The van der Waals surface area contributed by atoms with E-state index < -0.39 is 0 Å². The number of anilines is 8. The maximum absolute atomic E-state index is 5.69. The highest BCUT2D eigenvalue weighted by molar-refractivity contribution is 6.24. The zero-order valence-corrected chi connectivity index (χ0v) is 39.8. The molecular weight excluding hydrogens is 847 g/mol. The zero-order chi connectivity index (χ0) is 47.5. The minimum Gasteiger partial charge on any atom is -0.497 e. The molecule has 0 fully saturated rings. The van der Waals surface area contributed by atoms with Gasteiger partial charge in [0, 0.05) is 73.9 Å². The van der Waals surface area contributed by atoms with E-state index in [-0.39, 0.29) is 5.41 Å². The number of methoxy groups -OCH3 is 3. The van der Waals surface area contributed by atoms with Gasteiger partial charge in [-0.15, -0.1) is 0 Å². The van der Waals surface area contributed by atoms with Gasteiger partial charge in [0.05, 0.1) is 32.2 Å². The number of hydrogen-bond donors (Lipinski definition) is 0. The molecule has 340 valence electrons. The van der Waals surface area contributed by atoms with E-state index in [9.17, 15) is 0 Å². The van der Waals surface area contributed by atoms with Crippen molar-refractivity contribution in [2.75, 3.05) is 42.6 Å². The van der Waals surface area contributed by atoms with E-state index in [2.05, 4.69) is 223 Å². The number of ether oxygens (including phenoxy) is 3. The van der Waals surface area contributed by atoms with Crippen LogP contribution in [-0.4, -0.2) is 27.9 Å². The van der Waals surface area contributed by atoms with E-state index in [1.165, 1.54) is 22.3 Å². The maximum Gasteiger partial charge on any atom is 0.119 e. The SMILES string of the molecule is C=C/C=C(\C=C/COC)N(c1ccccc1)c1c2ccccc2c(N(c2ccccc2)c2ccc(OC)cc2)c2cc3c(cc12)-c1ccc(N(c2ccccc2)c2ccc(OC)cc2)cc1C3(C)C. The quantitative estimate of drug-likeness (QED) is 0.0580. The number of fused-ring (bicyclic) bond motifs is 5. The Kier molecular flexibility index (Phi) is 12.3. The lowest BCUT2D eigenvalue weighted by Gasteiger charge is -2.34. The Balaban J connectivity index is 1.30. The van der Waals surface area contributed by atoms with Crippen LogP contribution in [0, 0.1) is 0 Å². The van der Waals surface area contributed by atoms with Gasteiger partial charge in [-0.2, -0.15) is 0 Å². The van der Waals surface area contributed by atoms with Crippen molar-refractivity contribution in [3.05, 3.63) is 242 Å². The fraction of sp³-hybridized carbons (Fsp3) is 0.111. The molecule has 9 aromatic carbocycles. The monoisotopic (exact) mass is 901 g/mol. The third kappa shape index (κ3) is 8.19. The van der Waals surface area contributed by atoms with Crippen molar-refractivity contribution in [1.29, 1.82) is 0 Å². The number of hydrogen-bond acceptors (Lipinski definition) is 6. The summed E-state index contributed by atoms with van der Waals surface area (Å²) < 4.78 is 16.8. The molecule has 0 saturated carbocycles. The second kappa shape index (κ2) is 19.1. The van der Waals surface area contributed by atoms with Crippen molar-refractivity contribution >= 4 is 67.0 Å². The summed E-state index contributed by atoms with van der Waals surface area (Å²) in [6.07, 6.45) is 8.13. The molecule has 69 heavy (non-hydrogen) atoms. The molecule has 6 heteroatoms. The summed E-state index contributed by atoms with van der Waals surface area (Å²) in [5.74, 6) is 1.62. The van der Waals surface area contributed by atoms with Gasteiger partial charge >= 0.3 is 0 Å². The van der Waals surface area contributed by atoms with Crippen molar-refractivity contribution < 1.29 is 14.2 Å². The fourth-order valence-electron chi connectivity index (χ4n) is 10.0. The van der Waals surface area contributed by atoms with Crippen molar-refractivity contribution in [2.24, 2.45) is 0 Å². The molecule has 0 spiro atoms. The molecule has 0 aromatic heterocycles. The standard InChI is InChI=1S/C63H55N3O3/c1-7-20-44(27-19-40-67-4)65(46-23-13-9-14-24-46)61-54-28-17-18-29-55(54)62(66(47-25-15-10-16-26-47)49-32-37-52(69-6)38-33-49)58-43-60-56(42-57(58)61)53-39-34-50(41-59(53)63(60,2)3)64(45-21-11-8-12-22-45)48-30-35-51(68-5)36-31-48/h7-39,41-43H,1,40H2,2-6H3/b27-19-,44-20+. The zero-order valence-electron chi connectivity index (χ0n) is 39.8. The summed E-state index contributed by atoms with van der Waals surface area (Å²) in [6, 6.07) is 69.3. The largest absolute Gasteiger partial charge is 0.497 e. The third-order valence-corrected chi connectivity index (χ3v) is 13.3. The summed E-state index contributed by atoms with van der Waals surface area (Å²) >= 11 is 0. The Morgan fingerprint density at radius 3 is 1.52 bits per heavy atom. The van der Waals surface area contributed by atoms with Gasteiger partial charge in [0.15, 0.2) is 0 Å².